The molecule has 21 heavy (non-hydrogen) atoms. The molecule has 1 aromatic heterocycles. The predicted molar refractivity (Wildman–Crippen MR) is 77.1 cm³/mol. The summed E-state index contributed by atoms with van der Waals surface area (Å²) in [5, 5.41) is 7.60. The lowest BCUT2D eigenvalue weighted by Gasteiger charge is -2.08. The normalized spacial score (nSPS) is 10.8. The van der Waals surface area contributed by atoms with Crippen LogP contribution in [0.5, 0.6) is 5.75 Å². The molecule has 0 spiro atoms. The van der Waals surface area contributed by atoms with Crippen molar-refractivity contribution in [3.8, 4) is 5.75 Å². The third kappa shape index (κ3) is 3.82. The molecule has 0 saturated carbocycles. The number of hydrogen-bond donors (Lipinski definition) is 2. The number of nitrogens with zero attached hydrogens (tertiary/aromatic N) is 2. The van der Waals surface area contributed by atoms with Crippen LogP contribution in [-0.4, -0.2) is 17.4 Å². The van der Waals surface area contributed by atoms with Gasteiger partial charge in [-0.2, -0.15) is 5.10 Å². The van der Waals surface area contributed by atoms with Crippen LogP contribution in [0.1, 0.15) is 22.6 Å². The number of urea groups is 1. The summed E-state index contributed by atoms with van der Waals surface area (Å²) in [4.78, 5) is 10.6. The van der Waals surface area contributed by atoms with Gasteiger partial charge in [-0.05, 0) is 26.0 Å². The highest BCUT2D eigenvalue weighted by Gasteiger charge is 2.10. The molecule has 1 heterocycles. The van der Waals surface area contributed by atoms with Gasteiger partial charge in [-0.3, -0.25) is 0 Å². The quantitative estimate of drug-likeness (QED) is 0.647. The molecule has 3 N–H and O–H groups in total. The summed E-state index contributed by atoms with van der Waals surface area (Å²) in [5.74, 6) is 1.36. The van der Waals surface area contributed by atoms with E-state index in [9.17, 15) is 4.79 Å². The lowest BCUT2D eigenvalue weighted by atomic mass is 10.2. The van der Waals surface area contributed by atoms with Gasteiger partial charge in [-0.1, -0.05) is 17.3 Å². The number of nitrogens with one attached hydrogen (secondary N) is 1. The molecule has 0 bridgehead atoms. The summed E-state index contributed by atoms with van der Waals surface area (Å²) >= 11 is 0. The van der Waals surface area contributed by atoms with Crippen molar-refractivity contribution in [2.45, 2.75) is 20.5 Å². The number of ether oxygens (including phenoxy) is 1. The summed E-state index contributed by atoms with van der Waals surface area (Å²) in [6, 6.07) is 6.59. The first-order chi connectivity index (χ1) is 10.1. The number of carbonyl (C=O) groups excluding carboxylic acids is 1. The van der Waals surface area contributed by atoms with Crippen molar-refractivity contribution in [3.05, 3.63) is 46.8 Å². The van der Waals surface area contributed by atoms with Crippen molar-refractivity contribution in [2.24, 2.45) is 10.8 Å². The molecule has 0 aliphatic rings. The Morgan fingerprint density at radius 3 is 2.90 bits per heavy atom. The standard InChI is InChI=1S/C14H16N4O3/c1-9-12(10(2)21-18-9)8-20-13-6-4-3-5-11(13)7-16-17-14(15)19/h3-7H,8H2,1-2H3,(H3,15,17,19). The highest BCUT2D eigenvalue weighted by atomic mass is 16.5. The number of primary amides is 1. The number of para-hydroxylation sites is 1. The molecule has 0 saturated heterocycles. The summed E-state index contributed by atoms with van der Waals surface area (Å²) in [6.45, 7) is 4.04. The van der Waals surface area contributed by atoms with Crippen molar-refractivity contribution in [1.82, 2.24) is 10.6 Å². The molecular weight excluding hydrogens is 272 g/mol. The van der Waals surface area contributed by atoms with Crippen LogP contribution in [0.25, 0.3) is 0 Å². The minimum absolute atomic E-state index is 0.343. The van der Waals surface area contributed by atoms with E-state index in [1.807, 2.05) is 38.1 Å². The summed E-state index contributed by atoms with van der Waals surface area (Å²) < 4.78 is 10.9. The van der Waals surface area contributed by atoms with E-state index in [1.54, 1.807) is 0 Å². The zero-order valence-corrected chi connectivity index (χ0v) is 11.8. The second kappa shape index (κ2) is 6.56. The second-order valence-corrected chi connectivity index (χ2v) is 4.36. The van der Waals surface area contributed by atoms with Crippen LogP contribution in [0.15, 0.2) is 33.9 Å². The van der Waals surface area contributed by atoms with Crippen LogP contribution in [0, 0.1) is 13.8 Å². The largest absolute Gasteiger partial charge is 0.488 e. The van der Waals surface area contributed by atoms with Crippen molar-refractivity contribution in [2.75, 3.05) is 0 Å². The summed E-state index contributed by atoms with van der Waals surface area (Å²) in [6.07, 6.45) is 1.47. The molecular formula is C14H16N4O3. The average molecular weight is 288 g/mol. The van der Waals surface area contributed by atoms with Crippen molar-refractivity contribution >= 4 is 12.2 Å². The first kappa shape index (κ1) is 14.6. The highest BCUT2D eigenvalue weighted by molar-refractivity contribution is 5.84. The van der Waals surface area contributed by atoms with E-state index < -0.39 is 6.03 Å². The molecule has 2 amide bonds. The van der Waals surface area contributed by atoms with Crippen LogP contribution < -0.4 is 15.9 Å². The van der Waals surface area contributed by atoms with Gasteiger partial charge < -0.3 is 15.0 Å². The minimum Gasteiger partial charge on any atom is -0.488 e. The summed E-state index contributed by atoms with van der Waals surface area (Å²) in [5.41, 5.74) is 9.51. The fourth-order valence-corrected chi connectivity index (χ4v) is 1.74. The lowest BCUT2D eigenvalue weighted by Crippen LogP contribution is -2.24. The predicted octanol–water partition coefficient (Wildman–Crippen LogP) is 1.87. The van der Waals surface area contributed by atoms with Gasteiger partial charge >= 0.3 is 6.03 Å². The van der Waals surface area contributed by atoms with Gasteiger partial charge in [0.25, 0.3) is 0 Å². The molecule has 7 heteroatoms. The maximum absolute atomic E-state index is 10.6. The van der Waals surface area contributed by atoms with Gasteiger partial charge in [-0.15, -0.1) is 0 Å². The Bertz CT molecular complexity index is 644. The molecule has 2 aromatic rings. The number of aryl methyl sites for hydroxylation is 2. The van der Waals surface area contributed by atoms with E-state index in [2.05, 4.69) is 15.7 Å². The maximum atomic E-state index is 10.6. The van der Waals surface area contributed by atoms with Gasteiger partial charge in [-0.25, -0.2) is 10.2 Å². The van der Waals surface area contributed by atoms with Crippen LogP contribution in [-0.2, 0) is 6.61 Å². The fraction of sp³-hybridized carbons (Fsp3) is 0.214. The van der Waals surface area contributed by atoms with Crippen LogP contribution in [0.2, 0.25) is 0 Å². The molecule has 0 fully saturated rings. The Labute approximate surface area is 121 Å². The van der Waals surface area contributed by atoms with E-state index in [0.717, 1.165) is 22.6 Å². The topological polar surface area (TPSA) is 103 Å². The molecule has 0 radical (unpaired) electrons. The third-order valence-corrected chi connectivity index (χ3v) is 2.85. The Morgan fingerprint density at radius 1 is 1.48 bits per heavy atom. The van der Waals surface area contributed by atoms with E-state index >= 15 is 0 Å². The molecule has 0 unspecified atom stereocenters. The van der Waals surface area contributed by atoms with Gasteiger partial charge in [0.2, 0.25) is 0 Å². The van der Waals surface area contributed by atoms with Crippen LogP contribution in [0.3, 0.4) is 0 Å². The number of benzene rings is 1. The zero-order chi connectivity index (χ0) is 15.2. The van der Waals surface area contributed by atoms with E-state index in [0.29, 0.717) is 12.4 Å². The summed E-state index contributed by atoms with van der Waals surface area (Å²) in [7, 11) is 0. The van der Waals surface area contributed by atoms with E-state index in [-0.39, 0.29) is 0 Å². The number of rotatable bonds is 5. The van der Waals surface area contributed by atoms with E-state index in [4.69, 9.17) is 15.0 Å². The number of nitrogens with two attached hydrogens (primary N) is 1. The lowest BCUT2D eigenvalue weighted by molar-refractivity contribution is 0.249. The monoisotopic (exact) mass is 288 g/mol. The van der Waals surface area contributed by atoms with Crippen LogP contribution in [0.4, 0.5) is 4.79 Å². The third-order valence-electron chi connectivity index (χ3n) is 2.85. The average Bonchev–Trinajstić information content (AvgIpc) is 2.77. The second-order valence-electron chi connectivity index (χ2n) is 4.36. The molecule has 0 aliphatic carbocycles. The van der Waals surface area contributed by atoms with Crippen molar-refractivity contribution in [1.29, 1.82) is 0 Å². The smallest absolute Gasteiger partial charge is 0.332 e. The van der Waals surface area contributed by atoms with Gasteiger partial charge in [0.15, 0.2) is 0 Å². The molecule has 1 aromatic carbocycles. The first-order valence-electron chi connectivity index (χ1n) is 6.30. The van der Waals surface area contributed by atoms with Gasteiger partial charge in [0.05, 0.1) is 17.5 Å². The SMILES string of the molecule is Cc1noc(C)c1COc1ccccc1C=NNC(N)=O. The molecule has 0 atom stereocenters. The number of carbonyl (C=O) groups is 1. The van der Waals surface area contributed by atoms with Gasteiger partial charge in [0, 0.05) is 5.56 Å². The van der Waals surface area contributed by atoms with Crippen LogP contribution >= 0.6 is 0 Å². The Balaban J connectivity index is 2.10. The number of aromatic nitrogens is 1. The number of hydrazone groups is 1. The fourth-order valence-electron chi connectivity index (χ4n) is 1.74. The number of hydrogen-bond acceptors (Lipinski definition) is 5. The Morgan fingerprint density at radius 2 is 2.24 bits per heavy atom. The Hall–Kier alpha value is -2.83. The first-order valence-corrected chi connectivity index (χ1v) is 6.30. The molecule has 110 valence electrons. The molecule has 2 rings (SSSR count). The van der Waals surface area contributed by atoms with Gasteiger partial charge in [0.1, 0.15) is 18.1 Å². The molecule has 0 aliphatic heterocycles. The van der Waals surface area contributed by atoms with E-state index in [1.165, 1.54) is 6.21 Å². The number of amides is 2. The molecule has 7 nitrogen and oxygen atoms in total. The highest BCUT2D eigenvalue weighted by Crippen LogP contribution is 2.20. The van der Waals surface area contributed by atoms with Crippen molar-refractivity contribution < 1.29 is 14.1 Å². The van der Waals surface area contributed by atoms with Crippen molar-refractivity contribution in [3.63, 3.8) is 0 Å². The maximum Gasteiger partial charge on any atom is 0.332 e. The Kier molecular flexibility index (Phi) is 4.55. The zero-order valence-electron chi connectivity index (χ0n) is 11.8. The minimum atomic E-state index is -0.722.